The van der Waals surface area contributed by atoms with Crippen molar-refractivity contribution in [2.45, 2.75) is 26.1 Å². The van der Waals surface area contributed by atoms with E-state index in [-0.39, 0.29) is 6.61 Å². The maximum atomic E-state index is 12.3. The van der Waals surface area contributed by atoms with Crippen molar-refractivity contribution in [3.05, 3.63) is 35.4 Å². The third-order valence-electron chi connectivity index (χ3n) is 2.70. The molecule has 0 radical (unpaired) electrons. The second kappa shape index (κ2) is 7.76. The first-order valence-corrected chi connectivity index (χ1v) is 5.92. The van der Waals surface area contributed by atoms with Crippen LogP contribution in [0.5, 0.6) is 0 Å². The largest absolute Gasteiger partial charge is 0.631 e. The summed E-state index contributed by atoms with van der Waals surface area (Å²) < 4.78 is 37.0. The maximum absolute atomic E-state index is 12.3. The molecule has 5 N–H and O–H groups in total. The zero-order valence-electron chi connectivity index (χ0n) is 11.5. The number of hydrogen-bond acceptors (Lipinski definition) is 5. The van der Waals surface area contributed by atoms with E-state index in [1.165, 1.54) is 12.1 Å². The quantitative estimate of drug-likeness (QED) is 0.529. The van der Waals surface area contributed by atoms with Crippen LogP contribution in [0.1, 0.15) is 31.1 Å². The first-order chi connectivity index (χ1) is 9.41. The molecule has 0 heterocycles. The predicted octanol–water partition coefficient (Wildman–Crippen LogP) is 0.705. The number of alkyl halides is 3. The summed E-state index contributed by atoms with van der Waals surface area (Å²) in [6.07, 6.45) is -5.38. The van der Waals surface area contributed by atoms with Crippen LogP contribution in [0.15, 0.2) is 24.3 Å². The van der Waals surface area contributed by atoms with Gasteiger partial charge in [-0.25, -0.2) is 0 Å². The van der Waals surface area contributed by atoms with E-state index < -0.39 is 30.6 Å². The minimum Gasteiger partial charge on any atom is -0.402 e. The van der Waals surface area contributed by atoms with Gasteiger partial charge in [0.05, 0.1) is 18.3 Å². The zero-order valence-corrected chi connectivity index (χ0v) is 11.5. The monoisotopic (exact) mass is 310 g/mol. The molecule has 0 saturated heterocycles. The van der Waals surface area contributed by atoms with Crippen molar-refractivity contribution < 1.29 is 38.5 Å². The lowest BCUT2D eigenvalue weighted by atomic mass is 9.83. The number of aliphatic hydroxyl groups is 2. The molecule has 0 aliphatic heterocycles. The van der Waals surface area contributed by atoms with Gasteiger partial charge in [-0.2, -0.15) is 13.2 Å². The van der Waals surface area contributed by atoms with Crippen LogP contribution in [0.2, 0.25) is 0 Å². The molecule has 0 amide bonds. The van der Waals surface area contributed by atoms with Crippen molar-refractivity contribution in [1.82, 2.24) is 0 Å². The summed E-state index contributed by atoms with van der Waals surface area (Å²) in [5.74, 6) is 0. The van der Waals surface area contributed by atoms with Crippen molar-refractivity contribution >= 4 is 7.32 Å². The lowest BCUT2D eigenvalue weighted by Gasteiger charge is -2.28. The third kappa shape index (κ3) is 6.92. The van der Waals surface area contributed by atoms with E-state index in [4.69, 9.17) is 20.2 Å². The summed E-state index contributed by atoms with van der Waals surface area (Å²) in [6.45, 7) is 3.01. The topological polar surface area (TPSA) is 101 Å². The molecule has 0 spiro atoms. The van der Waals surface area contributed by atoms with Crippen molar-refractivity contribution in [3.63, 3.8) is 0 Å². The third-order valence-corrected chi connectivity index (χ3v) is 2.70. The molecule has 0 aliphatic carbocycles. The molecule has 1 atom stereocenters. The van der Waals surface area contributed by atoms with Gasteiger partial charge >= 0.3 is 13.5 Å². The standard InChI is InChI=1S/C12H15F3O2.BH3O3/c1-11(2,7-16)10(17)8-3-5-9(6-4-8)12(13,14)15;2-1(3)4/h3-6,10,16-17H,7H2,1-2H3;2-4H. The van der Waals surface area contributed by atoms with Gasteiger partial charge in [0, 0.05) is 5.41 Å². The minimum atomic E-state index is -4.38. The van der Waals surface area contributed by atoms with Crippen molar-refractivity contribution in [3.8, 4) is 0 Å². The predicted molar refractivity (Wildman–Crippen MR) is 69.7 cm³/mol. The first kappa shape index (κ1) is 19.9. The highest BCUT2D eigenvalue weighted by atomic mass is 19.4. The van der Waals surface area contributed by atoms with Crippen molar-refractivity contribution in [1.29, 1.82) is 0 Å². The van der Waals surface area contributed by atoms with Crippen LogP contribution in [0, 0.1) is 5.41 Å². The fourth-order valence-corrected chi connectivity index (χ4v) is 1.39. The summed E-state index contributed by atoms with van der Waals surface area (Å²) in [7, 11) is -2.17. The molecular weight excluding hydrogens is 292 g/mol. The summed E-state index contributed by atoms with van der Waals surface area (Å²) in [5.41, 5.74) is -1.19. The fourth-order valence-electron chi connectivity index (χ4n) is 1.39. The smallest absolute Gasteiger partial charge is 0.402 e. The van der Waals surface area contributed by atoms with Gasteiger partial charge in [0.2, 0.25) is 0 Å². The van der Waals surface area contributed by atoms with E-state index in [1.807, 2.05) is 0 Å². The average molecular weight is 310 g/mol. The zero-order chi connectivity index (χ0) is 16.8. The van der Waals surface area contributed by atoms with Gasteiger partial charge in [-0.1, -0.05) is 26.0 Å². The van der Waals surface area contributed by atoms with E-state index in [0.29, 0.717) is 5.56 Å². The van der Waals surface area contributed by atoms with Crippen LogP contribution in [0.3, 0.4) is 0 Å². The van der Waals surface area contributed by atoms with E-state index in [0.717, 1.165) is 12.1 Å². The minimum absolute atomic E-state index is 0.255. The Kier molecular flexibility index (Phi) is 7.35. The molecule has 0 fully saturated rings. The van der Waals surface area contributed by atoms with Crippen LogP contribution < -0.4 is 0 Å². The molecule has 0 saturated carbocycles. The molecule has 0 aromatic heterocycles. The Bertz CT molecular complexity index is 417. The Morgan fingerprint density at radius 2 is 1.43 bits per heavy atom. The molecule has 120 valence electrons. The SMILES string of the molecule is CC(C)(CO)C(O)c1ccc(C(F)(F)F)cc1.OB(O)O. The Balaban J connectivity index is 0.000000885. The van der Waals surface area contributed by atoms with Gasteiger partial charge < -0.3 is 25.3 Å². The Hall–Kier alpha value is -1.13. The normalized spacial score (nSPS) is 13.2. The highest BCUT2D eigenvalue weighted by Crippen LogP contribution is 2.35. The second-order valence-corrected chi connectivity index (χ2v) is 5.02. The lowest BCUT2D eigenvalue weighted by Crippen LogP contribution is -2.26. The maximum Gasteiger partial charge on any atom is 0.631 e. The van der Waals surface area contributed by atoms with E-state index in [9.17, 15) is 18.3 Å². The van der Waals surface area contributed by atoms with Gasteiger partial charge in [-0.3, -0.25) is 0 Å². The number of halogens is 3. The molecule has 1 aromatic carbocycles. The molecule has 5 nitrogen and oxygen atoms in total. The summed E-state index contributed by atoms with van der Waals surface area (Å²) >= 11 is 0. The summed E-state index contributed by atoms with van der Waals surface area (Å²) in [6, 6.07) is 4.30. The second-order valence-electron chi connectivity index (χ2n) is 5.02. The van der Waals surface area contributed by atoms with Crippen molar-refractivity contribution in [2.75, 3.05) is 6.61 Å². The molecule has 1 aromatic rings. The van der Waals surface area contributed by atoms with E-state index in [1.54, 1.807) is 13.8 Å². The van der Waals surface area contributed by atoms with Crippen LogP contribution >= 0.6 is 0 Å². The van der Waals surface area contributed by atoms with Crippen LogP contribution in [-0.4, -0.2) is 39.2 Å². The van der Waals surface area contributed by atoms with Gasteiger partial charge in [-0.15, -0.1) is 0 Å². The molecule has 1 unspecified atom stereocenters. The van der Waals surface area contributed by atoms with Gasteiger partial charge in [-0.05, 0) is 17.7 Å². The highest BCUT2D eigenvalue weighted by molar-refractivity contribution is 6.30. The number of rotatable bonds is 3. The summed E-state index contributed by atoms with van der Waals surface area (Å²) in [5, 5.41) is 40.5. The molecule has 0 bridgehead atoms. The van der Waals surface area contributed by atoms with Gasteiger partial charge in [0.15, 0.2) is 0 Å². The molecule has 1 rings (SSSR count). The lowest BCUT2D eigenvalue weighted by molar-refractivity contribution is -0.137. The van der Waals surface area contributed by atoms with Crippen LogP contribution in [-0.2, 0) is 6.18 Å². The summed E-state index contributed by atoms with van der Waals surface area (Å²) in [4.78, 5) is 0. The van der Waals surface area contributed by atoms with Crippen LogP contribution in [0.25, 0.3) is 0 Å². The Morgan fingerprint density at radius 3 is 1.71 bits per heavy atom. The van der Waals surface area contributed by atoms with Crippen molar-refractivity contribution in [2.24, 2.45) is 5.41 Å². The van der Waals surface area contributed by atoms with Gasteiger partial charge in [0.25, 0.3) is 0 Å². The fraction of sp³-hybridized carbons (Fsp3) is 0.500. The molecule has 21 heavy (non-hydrogen) atoms. The molecular formula is C12H18BF3O5. The number of aliphatic hydroxyl groups excluding tert-OH is 2. The average Bonchev–Trinajstić information content (AvgIpc) is 2.36. The van der Waals surface area contributed by atoms with E-state index in [2.05, 4.69) is 0 Å². The van der Waals surface area contributed by atoms with E-state index >= 15 is 0 Å². The Labute approximate surface area is 120 Å². The number of hydrogen-bond donors (Lipinski definition) is 5. The molecule has 0 aliphatic rings. The van der Waals surface area contributed by atoms with Gasteiger partial charge in [0.1, 0.15) is 0 Å². The van der Waals surface area contributed by atoms with Crippen LogP contribution in [0.4, 0.5) is 13.2 Å². The highest BCUT2D eigenvalue weighted by Gasteiger charge is 2.32. The number of benzene rings is 1. The first-order valence-electron chi connectivity index (χ1n) is 5.92. The Morgan fingerprint density at radius 1 is 1.05 bits per heavy atom. The molecule has 9 heteroatoms.